The number of ether oxygens (including phenoxy) is 1. The van der Waals surface area contributed by atoms with Crippen molar-refractivity contribution in [3.05, 3.63) is 23.8 Å². The van der Waals surface area contributed by atoms with Crippen molar-refractivity contribution >= 4 is 11.4 Å². The van der Waals surface area contributed by atoms with E-state index in [1.807, 2.05) is 18.2 Å². The van der Waals surface area contributed by atoms with Gasteiger partial charge in [-0.15, -0.1) is 0 Å². The zero-order chi connectivity index (χ0) is 9.97. The summed E-state index contributed by atoms with van der Waals surface area (Å²) in [5.74, 6) is 0. The molecule has 1 aromatic rings. The standard InChI is InChI=1S/C10H15N3O/c11-7-1-2-9(12)8(5-7)10-6-14-4-3-13-10/h1-2,5,10,13H,3-4,6,11-12H2. The van der Waals surface area contributed by atoms with Gasteiger partial charge in [0, 0.05) is 17.9 Å². The van der Waals surface area contributed by atoms with Gasteiger partial charge in [-0.2, -0.15) is 0 Å². The fourth-order valence-corrected chi connectivity index (χ4v) is 1.66. The van der Waals surface area contributed by atoms with Crippen LogP contribution in [-0.2, 0) is 4.74 Å². The molecule has 0 bridgehead atoms. The van der Waals surface area contributed by atoms with Crippen LogP contribution in [0.3, 0.4) is 0 Å². The average Bonchev–Trinajstić information content (AvgIpc) is 2.23. The summed E-state index contributed by atoms with van der Waals surface area (Å²) in [5, 5.41) is 3.34. The lowest BCUT2D eigenvalue weighted by Gasteiger charge is -2.25. The third-order valence-corrected chi connectivity index (χ3v) is 2.41. The second-order valence-corrected chi connectivity index (χ2v) is 3.47. The first-order chi connectivity index (χ1) is 6.77. The number of hydrogen-bond acceptors (Lipinski definition) is 4. The molecule has 1 atom stereocenters. The van der Waals surface area contributed by atoms with Crippen molar-refractivity contribution in [1.82, 2.24) is 5.32 Å². The van der Waals surface area contributed by atoms with Crippen LogP contribution in [0, 0.1) is 0 Å². The summed E-state index contributed by atoms with van der Waals surface area (Å²) in [5.41, 5.74) is 14.1. The van der Waals surface area contributed by atoms with Gasteiger partial charge in [-0.3, -0.25) is 0 Å². The topological polar surface area (TPSA) is 73.3 Å². The Morgan fingerprint density at radius 2 is 2.21 bits per heavy atom. The van der Waals surface area contributed by atoms with Gasteiger partial charge in [0.25, 0.3) is 0 Å². The number of anilines is 2. The monoisotopic (exact) mass is 193 g/mol. The third-order valence-electron chi connectivity index (χ3n) is 2.41. The van der Waals surface area contributed by atoms with Gasteiger partial charge in [-0.05, 0) is 23.8 Å². The van der Waals surface area contributed by atoms with Crippen molar-refractivity contribution in [2.45, 2.75) is 6.04 Å². The lowest BCUT2D eigenvalue weighted by molar-refractivity contribution is 0.0771. The van der Waals surface area contributed by atoms with E-state index in [0.29, 0.717) is 6.61 Å². The van der Waals surface area contributed by atoms with Gasteiger partial charge >= 0.3 is 0 Å². The van der Waals surface area contributed by atoms with Gasteiger partial charge in [-0.1, -0.05) is 0 Å². The SMILES string of the molecule is Nc1ccc(N)c(C2COCCN2)c1. The molecule has 0 spiro atoms. The molecule has 1 aliphatic heterocycles. The molecule has 1 aliphatic rings. The number of morpholine rings is 1. The molecular formula is C10H15N3O. The van der Waals surface area contributed by atoms with Crippen LogP contribution in [0.1, 0.15) is 11.6 Å². The number of nitrogen functional groups attached to an aromatic ring is 2. The zero-order valence-corrected chi connectivity index (χ0v) is 7.99. The largest absolute Gasteiger partial charge is 0.399 e. The number of hydrogen-bond donors (Lipinski definition) is 3. The Morgan fingerprint density at radius 1 is 1.36 bits per heavy atom. The Morgan fingerprint density at radius 3 is 2.93 bits per heavy atom. The fraction of sp³-hybridized carbons (Fsp3) is 0.400. The van der Waals surface area contributed by atoms with E-state index < -0.39 is 0 Å². The Kier molecular flexibility index (Phi) is 2.56. The molecule has 1 saturated heterocycles. The first-order valence-corrected chi connectivity index (χ1v) is 4.73. The number of benzene rings is 1. The van der Waals surface area contributed by atoms with Crippen molar-refractivity contribution in [3.63, 3.8) is 0 Å². The molecule has 76 valence electrons. The van der Waals surface area contributed by atoms with E-state index in [2.05, 4.69) is 5.32 Å². The summed E-state index contributed by atoms with van der Waals surface area (Å²) >= 11 is 0. The van der Waals surface area contributed by atoms with Crippen LogP contribution in [-0.4, -0.2) is 19.8 Å². The summed E-state index contributed by atoms with van der Waals surface area (Å²) in [6.45, 7) is 2.28. The van der Waals surface area contributed by atoms with Crippen molar-refractivity contribution < 1.29 is 4.74 Å². The molecule has 0 saturated carbocycles. The van der Waals surface area contributed by atoms with Gasteiger partial charge in [0.2, 0.25) is 0 Å². The number of nitrogens with one attached hydrogen (secondary N) is 1. The molecule has 0 amide bonds. The van der Waals surface area contributed by atoms with E-state index in [-0.39, 0.29) is 6.04 Å². The minimum absolute atomic E-state index is 0.173. The number of nitrogens with two attached hydrogens (primary N) is 2. The predicted molar refractivity (Wildman–Crippen MR) is 56.8 cm³/mol. The first-order valence-electron chi connectivity index (χ1n) is 4.73. The highest BCUT2D eigenvalue weighted by molar-refractivity contribution is 5.56. The van der Waals surface area contributed by atoms with E-state index in [1.165, 1.54) is 0 Å². The van der Waals surface area contributed by atoms with Crippen molar-refractivity contribution in [1.29, 1.82) is 0 Å². The summed E-state index contributed by atoms with van der Waals surface area (Å²) in [4.78, 5) is 0. The molecule has 1 fully saturated rings. The Bertz CT molecular complexity index is 321. The van der Waals surface area contributed by atoms with E-state index in [1.54, 1.807) is 0 Å². The van der Waals surface area contributed by atoms with Crippen molar-refractivity contribution in [2.24, 2.45) is 0 Å². The summed E-state index contributed by atoms with van der Waals surface area (Å²) in [6, 6.07) is 5.72. The van der Waals surface area contributed by atoms with E-state index in [0.717, 1.165) is 30.1 Å². The van der Waals surface area contributed by atoms with E-state index in [9.17, 15) is 0 Å². The molecule has 0 aromatic heterocycles. The molecule has 2 rings (SSSR count). The van der Waals surface area contributed by atoms with E-state index in [4.69, 9.17) is 16.2 Å². The number of rotatable bonds is 1. The lowest BCUT2D eigenvalue weighted by atomic mass is 10.0. The maximum absolute atomic E-state index is 5.87. The maximum Gasteiger partial charge on any atom is 0.0662 e. The molecule has 5 N–H and O–H groups in total. The second kappa shape index (κ2) is 3.86. The van der Waals surface area contributed by atoms with Crippen LogP contribution in [0.25, 0.3) is 0 Å². The van der Waals surface area contributed by atoms with Crippen LogP contribution >= 0.6 is 0 Å². The highest BCUT2D eigenvalue weighted by Crippen LogP contribution is 2.24. The fourth-order valence-electron chi connectivity index (χ4n) is 1.66. The molecule has 4 nitrogen and oxygen atoms in total. The predicted octanol–water partition coefficient (Wildman–Crippen LogP) is 0.512. The molecule has 0 radical (unpaired) electrons. The second-order valence-electron chi connectivity index (χ2n) is 3.47. The molecular weight excluding hydrogens is 178 g/mol. The van der Waals surface area contributed by atoms with Crippen molar-refractivity contribution in [2.75, 3.05) is 31.2 Å². The minimum atomic E-state index is 0.173. The van der Waals surface area contributed by atoms with Crippen LogP contribution in [0.2, 0.25) is 0 Å². The van der Waals surface area contributed by atoms with Gasteiger partial charge in [-0.25, -0.2) is 0 Å². The highest BCUT2D eigenvalue weighted by Gasteiger charge is 2.17. The molecule has 1 unspecified atom stereocenters. The normalized spacial score (nSPS) is 22.1. The van der Waals surface area contributed by atoms with Crippen LogP contribution in [0.15, 0.2) is 18.2 Å². The lowest BCUT2D eigenvalue weighted by Crippen LogP contribution is -2.35. The van der Waals surface area contributed by atoms with E-state index >= 15 is 0 Å². The molecule has 4 heteroatoms. The Labute approximate surface area is 83.2 Å². The molecule has 1 aromatic carbocycles. The third kappa shape index (κ3) is 1.81. The minimum Gasteiger partial charge on any atom is -0.399 e. The highest BCUT2D eigenvalue weighted by atomic mass is 16.5. The van der Waals surface area contributed by atoms with Crippen LogP contribution in [0.4, 0.5) is 11.4 Å². The summed E-state index contributed by atoms with van der Waals surface area (Å²) in [7, 11) is 0. The van der Waals surface area contributed by atoms with Crippen LogP contribution < -0.4 is 16.8 Å². The Balaban J connectivity index is 2.24. The van der Waals surface area contributed by atoms with Gasteiger partial charge in [0.05, 0.1) is 19.3 Å². The smallest absolute Gasteiger partial charge is 0.0662 e. The first kappa shape index (κ1) is 9.30. The van der Waals surface area contributed by atoms with Gasteiger partial charge in [0.1, 0.15) is 0 Å². The Hall–Kier alpha value is -1.26. The summed E-state index contributed by atoms with van der Waals surface area (Å²) < 4.78 is 5.37. The van der Waals surface area contributed by atoms with Gasteiger partial charge in [0.15, 0.2) is 0 Å². The average molecular weight is 193 g/mol. The van der Waals surface area contributed by atoms with Crippen molar-refractivity contribution in [3.8, 4) is 0 Å². The summed E-state index contributed by atoms with van der Waals surface area (Å²) in [6.07, 6.45) is 0. The molecule has 0 aliphatic carbocycles. The molecule has 14 heavy (non-hydrogen) atoms. The zero-order valence-electron chi connectivity index (χ0n) is 7.99. The quantitative estimate of drug-likeness (QED) is 0.568. The van der Waals surface area contributed by atoms with Crippen LogP contribution in [0.5, 0.6) is 0 Å². The van der Waals surface area contributed by atoms with Gasteiger partial charge < -0.3 is 21.5 Å². The molecule has 1 heterocycles. The maximum atomic E-state index is 5.87.